The zero-order valence-electron chi connectivity index (χ0n) is 16.1. The van der Waals surface area contributed by atoms with E-state index in [9.17, 15) is 19.5 Å². The normalized spacial score (nSPS) is 14.1. The number of hydrogen-bond donors (Lipinski definition) is 2. The van der Waals surface area contributed by atoms with Gasteiger partial charge in [-0.2, -0.15) is 4.68 Å². The monoisotopic (exact) mass is 394 g/mol. The molecule has 0 radical (unpaired) electrons. The van der Waals surface area contributed by atoms with Gasteiger partial charge >= 0.3 is 5.97 Å². The lowest BCUT2D eigenvalue weighted by molar-refractivity contribution is -0.143. The number of amides is 1. The molecule has 8 nitrogen and oxygen atoms in total. The Morgan fingerprint density at radius 2 is 1.76 bits per heavy atom. The summed E-state index contributed by atoms with van der Waals surface area (Å²) in [5.74, 6) is -2.06. The van der Waals surface area contributed by atoms with E-state index in [0.717, 1.165) is 4.68 Å². The highest BCUT2D eigenvalue weighted by atomic mass is 16.4. The lowest BCUT2D eigenvalue weighted by atomic mass is 9.97. The quantitative estimate of drug-likeness (QED) is 0.636. The highest BCUT2D eigenvalue weighted by Gasteiger charge is 2.32. The van der Waals surface area contributed by atoms with Crippen LogP contribution in [-0.2, 0) is 9.59 Å². The Morgan fingerprint density at radius 3 is 2.41 bits per heavy atom. The highest BCUT2D eigenvalue weighted by molar-refractivity contribution is 5.87. The fraction of sp³-hybridized carbons (Fsp3) is 0.286. The Morgan fingerprint density at radius 1 is 1.10 bits per heavy atom. The van der Waals surface area contributed by atoms with E-state index < -0.39 is 29.5 Å². The number of carbonyl (C=O) groups is 2. The number of fused-ring (bicyclic) bond motifs is 1. The van der Waals surface area contributed by atoms with E-state index in [4.69, 9.17) is 0 Å². The fourth-order valence-electron chi connectivity index (χ4n) is 3.18. The Bertz CT molecular complexity index is 1080. The van der Waals surface area contributed by atoms with Crippen molar-refractivity contribution in [1.29, 1.82) is 0 Å². The molecule has 0 bridgehead atoms. The second-order valence-corrected chi connectivity index (χ2v) is 6.88. The van der Waals surface area contributed by atoms with E-state index in [1.165, 1.54) is 0 Å². The molecule has 0 spiro atoms. The Balaban J connectivity index is 2.01. The van der Waals surface area contributed by atoms with Crippen LogP contribution in [0.15, 0.2) is 59.4 Å². The smallest absolute Gasteiger partial charge is 0.330 e. The van der Waals surface area contributed by atoms with E-state index in [2.05, 4.69) is 15.6 Å². The van der Waals surface area contributed by atoms with E-state index in [0.29, 0.717) is 22.9 Å². The fourth-order valence-corrected chi connectivity index (χ4v) is 3.18. The zero-order valence-corrected chi connectivity index (χ0v) is 16.1. The molecule has 2 N–H and O–H groups in total. The van der Waals surface area contributed by atoms with Crippen molar-refractivity contribution in [3.8, 4) is 0 Å². The summed E-state index contributed by atoms with van der Waals surface area (Å²) in [6.45, 7) is 3.70. The number of aliphatic carboxylic acids is 1. The molecule has 0 aliphatic carbocycles. The number of carbonyl (C=O) groups excluding carboxylic acids is 1. The SMILES string of the molecule is CC[C@H](C)[C@@H](C(=O)N[C@H](C(=O)O)c1ccccc1)n1nnc2ccccc2c1=O. The molecule has 3 atom stereocenters. The molecule has 8 heteroatoms. The number of benzene rings is 2. The van der Waals surface area contributed by atoms with Crippen LogP contribution in [0.25, 0.3) is 10.9 Å². The van der Waals surface area contributed by atoms with Crippen LogP contribution in [0.2, 0.25) is 0 Å². The summed E-state index contributed by atoms with van der Waals surface area (Å²) < 4.78 is 1.05. The van der Waals surface area contributed by atoms with Crippen LogP contribution in [0, 0.1) is 5.92 Å². The summed E-state index contributed by atoms with van der Waals surface area (Å²) in [6, 6.07) is 12.9. The average molecular weight is 394 g/mol. The standard InChI is InChI=1S/C21H22N4O4/c1-3-13(2)18(25-20(27)15-11-7-8-12-16(15)23-24-25)19(26)22-17(21(28)29)14-9-5-4-6-10-14/h4-13,17-18H,3H2,1-2H3,(H,22,26)(H,28,29)/t13-,17-,18-/m0/s1. The number of nitrogens with zero attached hydrogens (tertiary/aromatic N) is 3. The van der Waals surface area contributed by atoms with E-state index in [1.54, 1.807) is 54.6 Å². The van der Waals surface area contributed by atoms with Gasteiger partial charge in [-0.3, -0.25) is 9.59 Å². The number of carboxylic acid groups (broad SMARTS) is 1. The van der Waals surface area contributed by atoms with Crippen LogP contribution in [0.4, 0.5) is 0 Å². The van der Waals surface area contributed by atoms with Crippen LogP contribution in [-0.4, -0.2) is 32.0 Å². The average Bonchev–Trinajstić information content (AvgIpc) is 2.74. The summed E-state index contributed by atoms with van der Waals surface area (Å²) in [5, 5.41) is 20.5. The van der Waals surface area contributed by atoms with Gasteiger partial charge in [-0.05, 0) is 23.6 Å². The van der Waals surface area contributed by atoms with Gasteiger partial charge in [-0.15, -0.1) is 5.10 Å². The number of hydrogen-bond acceptors (Lipinski definition) is 5. The maximum Gasteiger partial charge on any atom is 0.330 e. The molecule has 150 valence electrons. The predicted octanol–water partition coefficient (Wildman–Crippen LogP) is 2.32. The first-order chi connectivity index (χ1) is 13.9. The highest BCUT2D eigenvalue weighted by Crippen LogP contribution is 2.22. The molecule has 0 aliphatic rings. The molecule has 0 saturated carbocycles. The molecule has 1 aromatic heterocycles. The van der Waals surface area contributed by atoms with E-state index >= 15 is 0 Å². The minimum absolute atomic E-state index is 0.270. The van der Waals surface area contributed by atoms with Gasteiger partial charge in [-0.1, -0.05) is 67.9 Å². The lowest BCUT2D eigenvalue weighted by Crippen LogP contribution is -2.44. The Hall–Kier alpha value is -3.55. The molecular formula is C21H22N4O4. The second-order valence-electron chi connectivity index (χ2n) is 6.88. The summed E-state index contributed by atoms with van der Waals surface area (Å²) in [6.07, 6.45) is 0.585. The van der Waals surface area contributed by atoms with Gasteiger partial charge in [0, 0.05) is 0 Å². The van der Waals surface area contributed by atoms with Crippen LogP contribution in [0.5, 0.6) is 0 Å². The molecule has 1 heterocycles. The number of aromatic nitrogens is 3. The minimum atomic E-state index is -1.24. The molecule has 3 aromatic rings. The third-order valence-electron chi connectivity index (χ3n) is 4.97. The molecule has 0 fully saturated rings. The first kappa shape index (κ1) is 20.2. The van der Waals surface area contributed by atoms with Gasteiger partial charge < -0.3 is 10.4 Å². The van der Waals surface area contributed by atoms with Crippen molar-refractivity contribution in [2.45, 2.75) is 32.4 Å². The molecule has 29 heavy (non-hydrogen) atoms. The zero-order chi connectivity index (χ0) is 21.0. The molecule has 1 amide bonds. The lowest BCUT2D eigenvalue weighted by Gasteiger charge is -2.25. The topological polar surface area (TPSA) is 114 Å². The van der Waals surface area contributed by atoms with Crippen molar-refractivity contribution < 1.29 is 14.7 Å². The maximum absolute atomic E-state index is 13.1. The van der Waals surface area contributed by atoms with Crippen LogP contribution >= 0.6 is 0 Å². The molecule has 0 aliphatic heterocycles. The van der Waals surface area contributed by atoms with Crippen molar-refractivity contribution in [2.24, 2.45) is 5.92 Å². The number of nitrogens with one attached hydrogen (secondary N) is 1. The second kappa shape index (κ2) is 8.64. The maximum atomic E-state index is 13.1. The van der Waals surface area contributed by atoms with Crippen molar-refractivity contribution in [3.63, 3.8) is 0 Å². The van der Waals surface area contributed by atoms with Crippen molar-refractivity contribution in [3.05, 3.63) is 70.5 Å². The predicted molar refractivity (Wildman–Crippen MR) is 107 cm³/mol. The first-order valence-corrected chi connectivity index (χ1v) is 9.36. The van der Waals surface area contributed by atoms with Crippen LogP contribution in [0.1, 0.15) is 37.9 Å². The summed E-state index contributed by atoms with van der Waals surface area (Å²) in [7, 11) is 0. The molecule has 0 saturated heterocycles. The van der Waals surface area contributed by atoms with E-state index in [-0.39, 0.29) is 5.92 Å². The molecular weight excluding hydrogens is 372 g/mol. The Labute approximate surface area is 167 Å². The molecule has 3 rings (SSSR count). The number of carboxylic acids is 1. The van der Waals surface area contributed by atoms with Gasteiger partial charge in [0.1, 0.15) is 11.6 Å². The van der Waals surface area contributed by atoms with Gasteiger partial charge in [-0.25, -0.2) is 4.79 Å². The van der Waals surface area contributed by atoms with Gasteiger partial charge in [0.05, 0.1) is 5.39 Å². The van der Waals surface area contributed by atoms with Crippen LogP contribution in [0.3, 0.4) is 0 Å². The Kier molecular flexibility index (Phi) is 6.01. The largest absolute Gasteiger partial charge is 0.479 e. The van der Waals surface area contributed by atoms with E-state index in [1.807, 2.05) is 13.8 Å². The third kappa shape index (κ3) is 4.16. The number of rotatable bonds is 7. The van der Waals surface area contributed by atoms with Crippen molar-refractivity contribution in [2.75, 3.05) is 0 Å². The van der Waals surface area contributed by atoms with Crippen molar-refractivity contribution >= 4 is 22.8 Å². The van der Waals surface area contributed by atoms with Gasteiger partial charge in [0.15, 0.2) is 6.04 Å². The molecule has 0 unspecified atom stereocenters. The van der Waals surface area contributed by atoms with Gasteiger partial charge in [0.2, 0.25) is 5.91 Å². The van der Waals surface area contributed by atoms with Crippen LogP contribution < -0.4 is 10.9 Å². The summed E-state index contributed by atoms with van der Waals surface area (Å²) >= 11 is 0. The summed E-state index contributed by atoms with van der Waals surface area (Å²) in [4.78, 5) is 37.8. The van der Waals surface area contributed by atoms with Crippen molar-refractivity contribution in [1.82, 2.24) is 20.3 Å². The summed E-state index contributed by atoms with van der Waals surface area (Å²) in [5.41, 5.74) is 0.431. The van der Waals surface area contributed by atoms with Gasteiger partial charge in [0.25, 0.3) is 5.56 Å². The first-order valence-electron chi connectivity index (χ1n) is 9.36. The minimum Gasteiger partial charge on any atom is -0.479 e. The molecule has 2 aromatic carbocycles. The third-order valence-corrected chi connectivity index (χ3v) is 4.97.